The molecule has 2 heterocycles. The van der Waals surface area contributed by atoms with Crippen LogP contribution in [0.3, 0.4) is 0 Å². The highest BCUT2D eigenvalue weighted by molar-refractivity contribution is 5.92. The second-order valence-electron chi connectivity index (χ2n) is 8.54. The van der Waals surface area contributed by atoms with Gasteiger partial charge in [0, 0.05) is 57.6 Å². The van der Waals surface area contributed by atoms with E-state index in [2.05, 4.69) is 15.9 Å². The van der Waals surface area contributed by atoms with E-state index < -0.39 is 0 Å². The van der Waals surface area contributed by atoms with Crippen LogP contribution in [0.2, 0.25) is 0 Å². The van der Waals surface area contributed by atoms with E-state index in [0.717, 1.165) is 67.5 Å². The molecule has 162 valence electrons. The number of para-hydroxylation sites is 2. The molecule has 31 heavy (non-hydrogen) atoms. The van der Waals surface area contributed by atoms with Crippen molar-refractivity contribution in [1.29, 1.82) is 0 Å². The summed E-state index contributed by atoms with van der Waals surface area (Å²) in [4.78, 5) is 16.2. The number of anilines is 3. The van der Waals surface area contributed by atoms with Crippen molar-refractivity contribution in [3.63, 3.8) is 0 Å². The number of fused-ring (bicyclic) bond motifs is 1. The maximum atomic E-state index is 14.7. The van der Waals surface area contributed by atoms with Gasteiger partial charge in [-0.25, -0.2) is 14.4 Å². The van der Waals surface area contributed by atoms with Gasteiger partial charge in [-0.15, -0.1) is 0 Å². The Morgan fingerprint density at radius 1 is 1.00 bits per heavy atom. The molecule has 0 bridgehead atoms. The molecule has 0 atom stereocenters. The molecule has 5 rings (SSSR count). The lowest BCUT2D eigenvalue weighted by Crippen LogP contribution is -2.47. The fourth-order valence-corrected chi connectivity index (χ4v) is 4.30. The number of hydrogen-bond donors (Lipinski definition) is 0. The van der Waals surface area contributed by atoms with E-state index in [4.69, 9.17) is 14.7 Å². The number of benzene rings is 2. The fourth-order valence-electron chi connectivity index (χ4n) is 4.30. The van der Waals surface area contributed by atoms with E-state index >= 15 is 0 Å². The summed E-state index contributed by atoms with van der Waals surface area (Å²) in [7, 11) is 5.42. The van der Waals surface area contributed by atoms with Crippen LogP contribution in [-0.4, -0.2) is 57.4 Å². The molecule has 2 aromatic carbocycles. The van der Waals surface area contributed by atoms with E-state index in [1.54, 1.807) is 18.1 Å². The maximum Gasteiger partial charge on any atom is 0.148 e. The van der Waals surface area contributed by atoms with E-state index in [1.807, 2.05) is 38.4 Å². The second kappa shape index (κ2) is 7.87. The Balaban J connectivity index is 1.49. The number of methoxy groups -OCH3 is 1. The highest BCUT2D eigenvalue weighted by atomic mass is 19.1. The van der Waals surface area contributed by atoms with Crippen molar-refractivity contribution in [2.75, 3.05) is 62.1 Å². The number of rotatable bonds is 5. The van der Waals surface area contributed by atoms with Crippen molar-refractivity contribution >= 4 is 28.1 Å². The van der Waals surface area contributed by atoms with Gasteiger partial charge in [0.2, 0.25) is 0 Å². The van der Waals surface area contributed by atoms with Crippen LogP contribution in [0, 0.1) is 5.82 Å². The summed E-state index contributed by atoms with van der Waals surface area (Å²) in [5.41, 5.74) is 2.37. The van der Waals surface area contributed by atoms with Gasteiger partial charge < -0.3 is 19.4 Å². The molecule has 0 radical (unpaired) electrons. The van der Waals surface area contributed by atoms with Gasteiger partial charge >= 0.3 is 0 Å². The van der Waals surface area contributed by atoms with Gasteiger partial charge in [0.25, 0.3) is 0 Å². The summed E-state index contributed by atoms with van der Waals surface area (Å²) in [5, 5.41) is 0.917. The molecule has 0 amide bonds. The third-order valence-corrected chi connectivity index (χ3v) is 6.19. The van der Waals surface area contributed by atoms with Crippen molar-refractivity contribution in [2.45, 2.75) is 18.8 Å². The highest BCUT2D eigenvalue weighted by Crippen LogP contribution is 2.41. The molecule has 0 spiro atoms. The minimum Gasteiger partial charge on any atom is -0.495 e. The summed E-state index contributed by atoms with van der Waals surface area (Å²) in [6.07, 6.45) is 2.23. The van der Waals surface area contributed by atoms with E-state index in [9.17, 15) is 4.39 Å². The third-order valence-electron chi connectivity index (χ3n) is 6.19. The number of halogens is 1. The first-order valence-electron chi connectivity index (χ1n) is 10.9. The molecule has 1 aliphatic heterocycles. The average Bonchev–Trinajstić information content (AvgIpc) is 3.63. The van der Waals surface area contributed by atoms with Gasteiger partial charge in [0.15, 0.2) is 0 Å². The highest BCUT2D eigenvalue weighted by Gasteiger charge is 2.30. The molecule has 3 aromatic rings. The summed E-state index contributed by atoms with van der Waals surface area (Å²) >= 11 is 0. The Bertz CT molecular complexity index is 1110. The standard InChI is InChI=1S/C24H28FN5O/c1-28(2)21-14-17-19(15-18(21)25)26-23(16-8-9-16)27-24(17)30-12-10-29(11-13-30)20-6-4-5-7-22(20)31-3/h4-7,14-16H,8-13H2,1-3H3. The van der Waals surface area contributed by atoms with E-state index in [-0.39, 0.29) is 5.82 Å². The SMILES string of the molecule is COc1ccccc1N1CCN(c2nc(C3CC3)nc3cc(F)c(N(C)C)cc23)CC1. The molecule has 2 aliphatic rings. The molecule has 1 saturated heterocycles. The van der Waals surface area contributed by atoms with Crippen molar-refractivity contribution < 1.29 is 9.13 Å². The Morgan fingerprint density at radius 2 is 1.71 bits per heavy atom. The second-order valence-corrected chi connectivity index (χ2v) is 8.54. The molecule has 1 aliphatic carbocycles. The predicted octanol–water partition coefficient (Wildman–Crippen LogP) is 4.05. The zero-order valence-corrected chi connectivity index (χ0v) is 18.3. The zero-order chi connectivity index (χ0) is 21.5. The number of ether oxygens (including phenoxy) is 1. The van der Waals surface area contributed by atoms with Crippen LogP contribution in [0.1, 0.15) is 24.6 Å². The monoisotopic (exact) mass is 421 g/mol. The quantitative estimate of drug-likeness (QED) is 0.619. The van der Waals surface area contributed by atoms with Gasteiger partial charge in [-0.1, -0.05) is 12.1 Å². The predicted molar refractivity (Wildman–Crippen MR) is 123 cm³/mol. The Labute approximate surface area is 182 Å². The topological polar surface area (TPSA) is 44.7 Å². The maximum absolute atomic E-state index is 14.7. The lowest BCUT2D eigenvalue weighted by Gasteiger charge is -2.37. The van der Waals surface area contributed by atoms with Crippen LogP contribution in [0.5, 0.6) is 5.75 Å². The van der Waals surface area contributed by atoms with Crippen molar-refractivity contribution in [2.24, 2.45) is 0 Å². The number of aromatic nitrogens is 2. The largest absolute Gasteiger partial charge is 0.495 e. The van der Waals surface area contributed by atoms with Crippen LogP contribution >= 0.6 is 0 Å². The Kier molecular flexibility index (Phi) is 5.04. The summed E-state index contributed by atoms with van der Waals surface area (Å²) in [5.74, 6) is 2.84. The first-order chi connectivity index (χ1) is 15.0. The van der Waals surface area contributed by atoms with E-state index in [0.29, 0.717) is 17.1 Å². The Morgan fingerprint density at radius 3 is 2.39 bits per heavy atom. The molecular formula is C24H28FN5O. The van der Waals surface area contributed by atoms with Crippen molar-refractivity contribution in [3.05, 3.63) is 48.0 Å². The zero-order valence-electron chi connectivity index (χ0n) is 18.3. The average molecular weight is 422 g/mol. The normalized spacial score (nSPS) is 16.6. The number of hydrogen-bond acceptors (Lipinski definition) is 6. The van der Waals surface area contributed by atoms with Crippen LogP contribution in [0.15, 0.2) is 36.4 Å². The summed E-state index contributed by atoms with van der Waals surface area (Å²) in [6, 6.07) is 11.6. The van der Waals surface area contributed by atoms with Gasteiger partial charge in [-0.05, 0) is 31.0 Å². The third kappa shape index (κ3) is 3.73. The smallest absolute Gasteiger partial charge is 0.148 e. The molecule has 6 nitrogen and oxygen atoms in total. The fraction of sp³-hybridized carbons (Fsp3) is 0.417. The van der Waals surface area contributed by atoms with Gasteiger partial charge in [-0.2, -0.15) is 0 Å². The minimum absolute atomic E-state index is 0.245. The summed E-state index contributed by atoms with van der Waals surface area (Å²) in [6.45, 7) is 3.41. The molecule has 7 heteroatoms. The number of piperazine rings is 1. The van der Waals surface area contributed by atoms with Crippen molar-refractivity contribution in [3.8, 4) is 5.75 Å². The van der Waals surface area contributed by atoms with Crippen LogP contribution in [0.25, 0.3) is 10.9 Å². The minimum atomic E-state index is -0.245. The molecular weight excluding hydrogens is 393 g/mol. The molecule has 1 saturated carbocycles. The van der Waals surface area contributed by atoms with Crippen LogP contribution < -0.4 is 19.4 Å². The van der Waals surface area contributed by atoms with Crippen LogP contribution in [-0.2, 0) is 0 Å². The van der Waals surface area contributed by atoms with E-state index in [1.165, 1.54) is 0 Å². The molecule has 0 N–H and O–H groups in total. The first kappa shape index (κ1) is 19.8. The first-order valence-corrected chi connectivity index (χ1v) is 10.9. The molecule has 2 fully saturated rings. The van der Waals surface area contributed by atoms with Crippen LogP contribution in [0.4, 0.5) is 21.6 Å². The Hall–Kier alpha value is -3.09. The molecule has 1 aromatic heterocycles. The van der Waals surface area contributed by atoms with Gasteiger partial charge in [-0.3, -0.25) is 0 Å². The van der Waals surface area contributed by atoms with Gasteiger partial charge in [0.1, 0.15) is 23.2 Å². The van der Waals surface area contributed by atoms with Gasteiger partial charge in [0.05, 0.1) is 24.0 Å². The lowest BCUT2D eigenvalue weighted by molar-refractivity contribution is 0.413. The summed E-state index contributed by atoms with van der Waals surface area (Å²) < 4.78 is 20.2. The number of nitrogens with zero attached hydrogens (tertiary/aromatic N) is 5. The lowest BCUT2D eigenvalue weighted by atomic mass is 10.1. The molecule has 0 unspecified atom stereocenters. The van der Waals surface area contributed by atoms with Crippen molar-refractivity contribution in [1.82, 2.24) is 9.97 Å².